The van der Waals surface area contributed by atoms with E-state index in [0.29, 0.717) is 0 Å². The summed E-state index contributed by atoms with van der Waals surface area (Å²) in [6.45, 7) is 6.91. The van der Waals surface area contributed by atoms with Gasteiger partial charge in [0.05, 0.1) is 28.8 Å². The fraction of sp³-hybridized carbons (Fsp3) is 1.00. The molecule has 0 saturated heterocycles. The van der Waals surface area contributed by atoms with Crippen LogP contribution in [0.4, 0.5) is 0 Å². The summed E-state index contributed by atoms with van der Waals surface area (Å²) in [5.74, 6) is 0.851. The van der Waals surface area contributed by atoms with Gasteiger partial charge in [-0.15, -0.1) is 11.6 Å². The van der Waals surface area contributed by atoms with Crippen molar-refractivity contribution in [2.45, 2.75) is 52.1 Å². The molecule has 0 spiro atoms. The monoisotopic (exact) mass is 349 g/mol. The van der Waals surface area contributed by atoms with Crippen molar-refractivity contribution >= 4 is 38.5 Å². The first-order valence-corrected chi connectivity index (χ1v) is 11.3. The van der Waals surface area contributed by atoms with Crippen LogP contribution in [-0.4, -0.2) is 23.9 Å². The van der Waals surface area contributed by atoms with Gasteiger partial charge in [0.2, 0.25) is 0 Å². The van der Waals surface area contributed by atoms with Crippen LogP contribution in [0.3, 0.4) is 0 Å². The maximum atomic E-state index is 6.02. The molecular weight excluding hydrogens is 325 g/mol. The summed E-state index contributed by atoms with van der Waals surface area (Å²) < 4.78 is 0. The molecular formula is C11H24ClIP+. The van der Waals surface area contributed by atoms with Gasteiger partial charge in [-0.3, -0.25) is 0 Å². The van der Waals surface area contributed by atoms with Crippen LogP contribution in [0, 0.1) is 0 Å². The summed E-state index contributed by atoms with van der Waals surface area (Å²) in [7, 11) is 0. The van der Waals surface area contributed by atoms with Crippen LogP contribution < -0.4 is 0 Å². The van der Waals surface area contributed by atoms with E-state index in [4.69, 9.17) is 11.6 Å². The summed E-state index contributed by atoms with van der Waals surface area (Å²) in [6.07, 6.45) is 8.32. The molecule has 1 atom stereocenters. The van der Waals surface area contributed by atoms with E-state index in [-0.39, 0.29) is 0 Å². The summed E-state index contributed by atoms with van der Waals surface area (Å²) >= 11 is 8.79. The first-order chi connectivity index (χ1) is 6.60. The van der Waals surface area contributed by atoms with Crippen LogP contribution in [0.15, 0.2) is 0 Å². The van der Waals surface area contributed by atoms with E-state index in [1.165, 1.54) is 38.0 Å². The molecule has 0 heterocycles. The number of hydrogen-bond acceptors (Lipinski definition) is 0. The summed E-state index contributed by atoms with van der Waals surface area (Å²) in [5.41, 5.74) is 0.753. The van der Waals surface area contributed by atoms with Crippen molar-refractivity contribution in [3.05, 3.63) is 0 Å². The predicted octanol–water partition coefficient (Wildman–Crippen LogP) is 5.58. The molecule has 0 saturated carbocycles. The molecule has 0 nitrogen and oxygen atoms in total. The fourth-order valence-corrected chi connectivity index (χ4v) is 8.68. The van der Waals surface area contributed by atoms with Crippen LogP contribution >= 0.6 is 38.5 Å². The van der Waals surface area contributed by atoms with Gasteiger partial charge >= 0.3 is 0 Å². The smallest absolute Gasteiger partial charge is 0.122 e. The number of halogens is 2. The third kappa shape index (κ3) is 5.51. The zero-order valence-electron chi connectivity index (χ0n) is 9.73. The largest absolute Gasteiger partial charge is 0.155 e. The van der Waals surface area contributed by atoms with Crippen molar-refractivity contribution in [1.82, 2.24) is 0 Å². The van der Waals surface area contributed by atoms with Gasteiger partial charge in [0, 0.05) is 0 Å². The zero-order valence-corrected chi connectivity index (χ0v) is 13.5. The molecule has 0 aliphatic heterocycles. The molecule has 0 aromatic rings. The fourth-order valence-electron chi connectivity index (χ4n) is 1.52. The van der Waals surface area contributed by atoms with Gasteiger partial charge < -0.3 is 0 Å². The first kappa shape index (κ1) is 15.4. The minimum atomic E-state index is -0.755. The van der Waals surface area contributed by atoms with E-state index >= 15 is 0 Å². The molecule has 0 bridgehead atoms. The highest BCUT2D eigenvalue weighted by Gasteiger charge is 2.39. The van der Waals surface area contributed by atoms with Crippen molar-refractivity contribution in [3.8, 4) is 0 Å². The second-order valence-corrected chi connectivity index (χ2v) is 13.8. The lowest BCUT2D eigenvalue weighted by molar-refractivity contribution is 0.856. The first-order valence-electron chi connectivity index (χ1n) is 5.73. The van der Waals surface area contributed by atoms with Crippen molar-refractivity contribution in [2.75, 3.05) is 18.2 Å². The van der Waals surface area contributed by atoms with Gasteiger partial charge in [0.1, 0.15) is 0 Å². The molecule has 86 valence electrons. The van der Waals surface area contributed by atoms with Crippen molar-refractivity contribution < 1.29 is 0 Å². The van der Waals surface area contributed by atoms with Crippen LogP contribution in [0.2, 0.25) is 0 Å². The molecule has 0 aliphatic rings. The highest BCUT2D eigenvalue weighted by Crippen LogP contribution is 2.71. The van der Waals surface area contributed by atoms with Gasteiger partial charge in [-0.1, -0.05) is 26.7 Å². The Hall–Kier alpha value is 1.45. The maximum Gasteiger partial charge on any atom is 0.155 e. The van der Waals surface area contributed by atoms with Crippen molar-refractivity contribution in [1.29, 1.82) is 0 Å². The Bertz CT molecular complexity index is 133. The van der Waals surface area contributed by atoms with Gasteiger partial charge in [-0.05, 0) is 19.8 Å². The molecule has 3 heteroatoms. The van der Waals surface area contributed by atoms with Crippen molar-refractivity contribution in [2.24, 2.45) is 0 Å². The third-order valence-electron chi connectivity index (χ3n) is 2.78. The lowest BCUT2D eigenvalue weighted by Crippen LogP contribution is -2.13. The topological polar surface area (TPSA) is 0 Å². The quantitative estimate of drug-likeness (QED) is 0.305. The lowest BCUT2D eigenvalue weighted by atomic mass is 10.4. The third-order valence-corrected chi connectivity index (χ3v) is 13.1. The van der Waals surface area contributed by atoms with E-state index in [9.17, 15) is 0 Å². The molecule has 0 aliphatic carbocycles. The SMILES string of the molecule is CCCC[P+](I)(CCCC)C(C)CCl. The van der Waals surface area contributed by atoms with E-state index in [1.807, 2.05) is 0 Å². The Morgan fingerprint density at radius 1 is 1.14 bits per heavy atom. The molecule has 0 aromatic carbocycles. The minimum Gasteiger partial charge on any atom is -0.122 e. The number of unbranched alkanes of at least 4 members (excludes halogenated alkanes) is 2. The van der Waals surface area contributed by atoms with E-state index < -0.39 is 4.90 Å². The van der Waals surface area contributed by atoms with E-state index in [2.05, 4.69) is 42.8 Å². The molecule has 0 rings (SSSR count). The molecule has 1 unspecified atom stereocenters. The number of alkyl halides is 1. The Morgan fingerprint density at radius 3 is 1.86 bits per heavy atom. The molecule has 0 aromatic heterocycles. The Balaban J connectivity index is 4.16. The average molecular weight is 350 g/mol. The minimum absolute atomic E-state index is 0.753. The molecule has 0 amide bonds. The number of hydrogen-bond donors (Lipinski definition) is 0. The molecule has 0 fully saturated rings. The molecule has 14 heavy (non-hydrogen) atoms. The van der Waals surface area contributed by atoms with Gasteiger partial charge in [-0.2, -0.15) is 0 Å². The van der Waals surface area contributed by atoms with E-state index in [0.717, 1.165) is 11.5 Å². The predicted molar refractivity (Wildman–Crippen MR) is 80.7 cm³/mol. The van der Waals surface area contributed by atoms with Crippen LogP contribution in [-0.2, 0) is 0 Å². The summed E-state index contributed by atoms with van der Waals surface area (Å²) in [6, 6.07) is 0. The highest BCUT2D eigenvalue weighted by atomic mass is 127. The van der Waals surface area contributed by atoms with Gasteiger partial charge in [-0.25, -0.2) is 0 Å². The maximum absolute atomic E-state index is 6.02. The standard InChI is InChI=1S/C11H24ClIP/c1-4-6-8-14(13,9-7-5-2)11(3)10-12/h11H,4-10H2,1-3H3/q+1. The van der Waals surface area contributed by atoms with Crippen molar-refractivity contribution in [3.63, 3.8) is 0 Å². The van der Waals surface area contributed by atoms with Crippen LogP contribution in [0.1, 0.15) is 46.5 Å². The van der Waals surface area contributed by atoms with E-state index in [1.54, 1.807) is 0 Å². The Kier molecular flexibility index (Phi) is 9.47. The average Bonchev–Trinajstić information content (AvgIpc) is 2.22. The molecule has 0 N–H and O–H groups in total. The second-order valence-electron chi connectivity index (χ2n) is 4.08. The van der Waals surface area contributed by atoms with Crippen LogP contribution in [0.25, 0.3) is 0 Å². The van der Waals surface area contributed by atoms with Crippen LogP contribution in [0.5, 0.6) is 0 Å². The highest BCUT2D eigenvalue weighted by molar-refractivity contribution is 14.2. The molecule has 0 radical (unpaired) electrons. The second kappa shape index (κ2) is 8.58. The normalized spacial score (nSPS) is 14.4. The Labute approximate surface area is 108 Å². The Morgan fingerprint density at radius 2 is 1.57 bits per heavy atom. The zero-order chi connectivity index (χ0) is 11.0. The summed E-state index contributed by atoms with van der Waals surface area (Å²) in [4.78, 5) is -0.755. The van der Waals surface area contributed by atoms with Gasteiger partial charge in [0.15, 0.2) is 22.0 Å². The van der Waals surface area contributed by atoms with Gasteiger partial charge in [0.25, 0.3) is 0 Å². The number of rotatable bonds is 8. The summed E-state index contributed by atoms with van der Waals surface area (Å²) in [5, 5.41) is 0. The lowest BCUT2D eigenvalue weighted by Gasteiger charge is -2.25.